The lowest BCUT2D eigenvalue weighted by Crippen LogP contribution is -2.54. The van der Waals surface area contributed by atoms with Crippen LogP contribution in [-0.4, -0.2) is 41.0 Å². The number of anilines is 1. The van der Waals surface area contributed by atoms with E-state index in [2.05, 4.69) is 17.6 Å². The van der Waals surface area contributed by atoms with Gasteiger partial charge in [0.15, 0.2) is 0 Å². The molecule has 2 atom stereocenters. The minimum atomic E-state index is -0.880. The molecule has 0 saturated heterocycles. The summed E-state index contributed by atoms with van der Waals surface area (Å²) in [5.74, 6) is -0.881. The van der Waals surface area contributed by atoms with E-state index in [1.165, 1.54) is 4.90 Å². The smallest absolute Gasteiger partial charge is 0.408 e. The molecule has 0 aliphatic carbocycles. The van der Waals surface area contributed by atoms with Gasteiger partial charge < -0.3 is 20.3 Å². The van der Waals surface area contributed by atoms with Gasteiger partial charge in [0.25, 0.3) is 5.91 Å². The van der Waals surface area contributed by atoms with Crippen LogP contribution in [-0.2, 0) is 20.7 Å². The number of nitrogens with one attached hydrogen (secondary N) is 2. The molecule has 0 spiro atoms. The monoisotopic (exact) mass is 495 g/mol. The average molecular weight is 496 g/mol. The number of likely N-dealkylation sites (N-methyl/N-ethyl adjacent to an activating group) is 1. The van der Waals surface area contributed by atoms with Crippen molar-refractivity contribution in [2.45, 2.75) is 79.5 Å². The summed E-state index contributed by atoms with van der Waals surface area (Å²) in [6.45, 7) is 15.1. The maximum atomic E-state index is 13.9. The Hall–Kier alpha value is -3.35. The zero-order chi connectivity index (χ0) is 27.0. The molecule has 2 N–H and O–H groups in total. The average Bonchev–Trinajstić information content (AvgIpc) is 2.80. The van der Waals surface area contributed by atoms with Crippen LogP contribution < -0.4 is 10.6 Å². The van der Waals surface area contributed by atoms with Crippen LogP contribution in [0.5, 0.6) is 0 Å². The lowest BCUT2D eigenvalue weighted by Gasteiger charge is -2.35. The van der Waals surface area contributed by atoms with Crippen LogP contribution in [0.3, 0.4) is 0 Å². The van der Waals surface area contributed by atoms with Gasteiger partial charge in [0.1, 0.15) is 17.7 Å². The van der Waals surface area contributed by atoms with Crippen molar-refractivity contribution in [3.63, 3.8) is 0 Å². The highest BCUT2D eigenvalue weighted by Gasteiger charge is 2.36. The molecule has 7 heteroatoms. The third-order valence-electron chi connectivity index (χ3n) is 5.90. The predicted molar refractivity (Wildman–Crippen MR) is 144 cm³/mol. The van der Waals surface area contributed by atoms with Crippen molar-refractivity contribution in [1.29, 1.82) is 0 Å². The van der Waals surface area contributed by atoms with Gasteiger partial charge in [0.2, 0.25) is 5.91 Å². The number of benzene rings is 2. The van der Waals surface area contributed by atoms with Gasteiger partial charge in [-0.05, 0) is 69.7 Å². The molecule has 0 aliphatic heterocycles. The second kappa shape index (κ2) is 12.6. The van der Waals surface area contributed by atoms with Crippen molar-refractivity contribution >= 4 is 23.6 Å². The predicted octanol–water partition coefficient (Wildman–Crippen LogP) is 5.64. The molecule has 0 heterocycles. The van der Waals surface area contributed by atoms with E-state index in [4.69, 9.17) is 4.74 Å². The molecule has 0 bridgehead atoms. The van der Waals surface area contributed by atoms with Gasteiger partial charge in [-0.2, -0.15) is 0 Å². The first-order chi connectivity index (χ1) is 16.9. The van der Waals surface area contributed by atoms with E-state index in [-0.39, 0.29) is 24.3 Å². The van der Waals surface area contributed by atoms with Gasteiger partial charge in [0.05, 0.1) is 0 Å². The topological polar surface area (TPSA) is 87.7 Å². The van der Waals surface area contributed by atoms with Crippen LogP contribution in [0.1, 0.15) is 71.2 Å². The molecular formula is C29H41N3O4. The fourth-order valence-electron chi connectivity index (χ4n) is 3.92. The summed E-state index contributed by atoms with van der Waals surface area (Å²) < 4.78 is 5.39. The number of alkyl carbamates (subject to hydrolysis) is 1. The SMILES string of the molecule is CCc1ccc(C(C(=O)Nc2ccccc2C)N(CC)C(=O)C(NC(=O)OC(C)(C)C)C(C)C)cc1. The summed E-state index contributed by atoms with van der Waals surface area (Å²) >= 11 is 0. The maximum absolute atomic E-state index is 13.9. The van der Waals surface area contributed by atoms with Crippen LogP contribution in [0.4, 0.5) is 10.5 Å². The van der Waals surface area contributed by atoms with Gasteiger partial charge >= 0.3 is 6.09 Å². The number of hydrogen-bond acceptors (Lipinski definition) is 4. The Morgan fingerprint density at radius 2 is 1.58 bits per heavy atom. The normalized spacial score (nSPS) is 13.0. The Bertz CT molecular complexity index is 1040. The fourth-order valence-corrected chi connectivity index (χ4v) is 3.92. The molecule has 196 valence electrons. The molecule has 2 unspecified atom stereocenters. The number of para-hydroxylation sites is 1. The van der Waals surface area contributed by atoms with Crippen molar-refractivity contribution in [3.05, 3.63) is 65.2 Å². The molecule has 0 radical (unpaired) electrons. The third kappa shape index (κ3) is 7.83. The highest BCUT2D eigenvalue weighted by Crippen LogP contribution is 2.26. The van der Waals surface area contributed by atoms with E-state index >= 15 is 0 Å². The summed E-state index contributed by atoms with van der Waals surface area (Å²) in [6.07, 6.45) is 0.199. The van der Waals surface area contributed by atoms with Crippen molar-refractivity contribution in [3.8, 4) is 0 Å². The maximum Gasteiger partial charge on any atom is 0.408 e. The third-order valence-corrected chi connectivity index (χ3v) is 5.90. The summed E-state index contributed by atoms with van der Waals surface area (Å²) in [5, 5.41) is 5.73. The highest BCUT2D eigenvalue weighted by atomic mass is 16.6. The Labute approximate surface area is 215 Å². The summed E-state index contributed by atoms with van der Waals surface area (Å²) in [7, 11) is 0. The number of ether oxygens (including phenoxy) is 1. The number of carbonyl (C=O) groups excluding carboxylic acids is 3. The van der Waals surface area contributed by atoms with Crippen molar-refractivity contribution in [2.75, 3.05) is 11.9 Å². The largest absolute Gasteiger partial charge is 0.444 e. The Kier molecular flexibility index (Phi) is 10.1. The fraction of sp³-hybridized carbons (Fsp3) is 0.483. The van der Waals surface area contributed by atoms with Crippen LogP contribution in [0, 0.1) is 12.8 Å². The molecule has 2 rings (SSSR count). The molecule has 0 saturated carbocycles. The summed E-state index contributed by atoms with van der Waals surface area (Å²) in [4.78, 5) is 41.6. The molecule has 0 fully saturated rings. The number of carbonyl (C=O) groups is 3. The van der Waals surface area contributed by atoms with Crippen LogP contribution in [0.2, 0.25) is 0 Å². The van der Waals surface area contributed by atoms with E-state index in [0.717, 1.165) is 17.5 Å². The molecule has 7 nitrogen and oxygen atoms in total. The number of aryl methyl sites for hydroxylation is 2. The van der Waals surface area contributed by atoms with Gasteiger partial charge in [-0.1, -0.05) is 63.2 Å². The molecule has 0 aliphatic rings. The molecule has 2 aromatic carbocycles. The minimum absolute atomic E-state index is 0.221. The van der Waals surface area contributed by atoms with E-state index in [1.807, 2.05) is 76.2 Å². The minimum Gasteiger partial charge on any atom is -0.444 e. The molecule has 3 amide bonds. The molecular weight excluding hydrogens is 454 g/mol. The standard InChI is InChI=1S/C29H41N3O4/c1-9-21-15-17-22(18-16-21)25(26(33)30-23-14-12-11-13-20(23)5)32(10-2)27(34)24(19(3)4)31-28(35)36-29(6,7)8/h11-19,24-25H,9-10H2,1-8H3,(H,30,33)(H,31,35). The van der Waals surface area contributed by atoms with E-state index in [9.17, 15) is 14.4 Å². The van der Waals surface area contributed by atoms with Crippen LogP contribution in [0.15, 0.2) is 48.5 Å². The van der Waals surface area contributed by atoms with Gasteiger partial charge in [0, 0.05) is 12.2 Å². The van der Waals surface area contributed by atoms with Crippen molar-refractivity contribution in [2.24, 2.45) is 5.92 Å². The summed E-state index contributed by atoms with van der Waals surface area (Å²) in [5.41, 5.74) is 2.75. The number of hydrogen-bond donors (Lipinski definition) is 2. The first-order valence-corrected chi connectivity index (χ1v) is 12.6. The van der Waals surface area contributed by atoms with Gasteiger partial charge in [-0.3, -0.25) is 9.59 Å². The number of nitrogens with zero attached hydrogens (tertiary/aromatic N) is 1. The lowest BCUT2D eigenvalue weighted by atomic mass is 9.98. The second-order valence-corrected chi connectivity index (χ2v) is 10.3. The quantitative estimate of drug-likeness (QED) is 0.472. The number of rotatable bonds is 9. The van der Waals surface area contributed by atoms with Crippen LogP contribution >= 0.6 is 0 Å². The summed E-state index contributed by atoms with van der Waals surface area (Å²) in [6, 6.07) is 13.5. The second-order valence-electron chi connectivity index (χ2n) is 10.3. The zero-order valence-electron chi connectivity index (χ0n) is 22.8. The molecule has 36 heavy (non-hydrogen) atoms. The van der Waals surface area contributed by atoms with Crippen molar-refractivity contribution < 1.29 is 19.1 Å². The number of amides is 3. The Balaban J connectivity index is 2.45. The van der Waals surface area contributed by atoms with Crippen LogP contribution in [0.25, 0.3) is 0 Å². The highest BCUT2D eigenvalue weighted by molar-refractivity contribution is 5.99. The lowest BCUT2D eigenvalue weighted by molar-refractivity contribution is -0.141. The van der Waals surface area contributed by atoms with Gasteiger partial charge in [-0.25, -0.2) is 4.79 Å². The van der Waals surface area contributed by atoms with E-state index in [1.54, 1.807) is 20.8 Å². The first-order valence-electron chi connectivity index (χ1n) is 12.6. The Morgan fingerprint density at radius 3 is 2.08 bits per heavy atom. The molecule has 2 aromatic rings. The zero-order valence-corrected chi connectivity index (χ0v) is 22.8. The molecule has 0 aromatic heterocycles. The van der Waals surface area contributed by atoms with E-state index in [0.29, 0.717) is 11.3 Å². The van der Waals surface area contributed by atoms with E-state index < -0.39 is 23.8 Å². The van der Waals surface area contributed by atoms with Crippen molar-refractivity contribution in [1.82, 2.24) is 10.2 Å². The Morgan fingerprint density at radius 1 is 0.972 bits per heavy atom. The van der Waals surface area contributed by atoms with Gasteiger partial charge in [-0.15, -0.1) is 0 Å². The first kappa shape index (κ1) is 28.9.